The van der Waals surface area contributed by atoms with E-state index in [4.69, 9.17) is 0 Å². The molecule has 1 aliphatic heterocycles. The standard InChI is InChI=1S/C14H18FN3O2.ClH/c1-9(19)17-11-4-5-12(15)13(7-11)18-14(20)10-3-2-6-16-8-10;/h4-5,7,10,16H,2-3,6,8H2,1H3,(H,17,19)(H,18,20);1H. The van der Waals surface area contributed by atoms with Gasteiger partial charge in [0.1, 0.15) is 5.82 Å². The number of rotatable bonds is 3. The molecule has 1 atom stereocenters. The molecule has 1 saturated heterocycles. The summed E-state index contributed by atoms with van der Waals surface area (Å²) in [6.45, 7) is 2.89. The van der Waals surface area contributed by atoms with Crippen molar-refractivity contribution in [2.75, 3.05) is 23.7 Å². The molecule has 0 spiro atoms. The zero-order chi connectivity index (χ0) is 14.5. The van der Waals surface area contributed by atoms with E-state index in [1.807, 2.05) is 0 Å². The predicted molar refractivity (Wildman–Crippen MR) is 82.2 cm³/mol. The van der Waals surface area contributed by atoms with Crippen molar-refractivity contribution in [3.63, 3.8) is 0 Å². The number of hydrogen-bond donors (Lipinski definition) is 3. The Balaban J connectivity index is 0.00000220. The van der Waals surface area contributed by atoms with Gasteiger partial charge >= 0.3 is 0 Å². The van der Waals surface area contributed by atoms with Crippen LogP contribution in [0.1, 0.15) is 19.8 Å². The lowest BCUT2D eigenvalue weighted by Crippen LogP contribution is -2.37. The molecule has 21 heavy (non-hydrogen) atoms. The number of halogens is 2. The van der Waals surface area contributed by atoms with Crippen LogP contribution in [0.25, 0.3) is 0 Å². The molecule has 7 heteroatoms. The molecular weight excluding hydrogens is 297 g/mol. The SMILES string of the molecule is CC(=O)Nc1ccc(F)c(NC(=O)C2CCCNC2)c1.Cl. The Kier molecular flexibility index (Phi) is 6.58. The van der Waals surface area contributed by atoms with Crippen molar-refractivity contribution >= 4 is 35.6 Å². The molecule has 116 valence electrons. The van der Waals surface area contributed by atoms with Crippen LogP contribution in [0.5, 0.6) is 0 Å². The van der Waals surface area contributed by atoms with Gasteiger partial charge in [0.25, 0.3) is 0 Å². The Labute approximate surface area is 129 Å². The third kappa shape index (κ3) is 4.99. The molecule has 0 bridgehead atoms. The maximum atomic E-state index is 13.7. The average molecular weight is 316 g/mol. The summed E-state index contributed by atoms with van der Waals surface area (Å²) in [5.41, 5.74) is 0.544. The first kappa shape index (κ1) is 17.4. The zero-order valence-corrected chi connectivity index (χ0v) is 12.6. The van der Waals surface area contributed by atoms with Gasteiger partial charge in [-0.25, -0.2) is 4.39 Å². The molecule has 2 rings (SSSR count). The van der Waals surface area contributed by atoms with E-state index in [2.05, 4.69) is 16.0 Å². The van der Waals surface area contributed by atoms with E-state index in [9.17, 15) is 14.0 Å². The fourth-order valence-electron chi connectivity index (χ4n) is 2.21. The van der Waals surface area contributed by atoms with Gasteiger partial charge in [-0.2, -0.15) is 0 Å². The van der Waals surface area contributed by atoms with E-state index in [1.54, 1.807) is 0 Å². The largest absolute Gasteiger partial charge is 0.326 e. The smallest absolute Gasteiger partial charge is 0.228 e. The van der Waals surface area contributed by atoms with Crippen LogP contribution in [-0.4, -0.2) is 24.9 Å². The fourth-order valence-corrected chi connectivity index (χ4v) is 2.21. The van der Waals surface area contributed by atoms with Gasteiger partial charge in [0.2, 0.25) is 11.8 Å². The Morgan fingerprint density at radius 3 is 2.71 bits per heavy atom. The molecule has 1 fully saturated rings. The zero-order valence-electron chi connectivity index (χ0n) is 11.7. The lowest BCUT2D eigenvalue weighted by atomic mass is 9.99. The minimum Gasteiger partial charge on any atom is -0.326 e. The molecule has 0 aromatic heterocycles. The second-order valence-corrected chi connectivity index (χ2v) is 4.91. The molecule has 1 heterocycles. The Bertz CT molecular complexity index is 519. The molecule has 0 radical (unpaired) electrons. The lowest BCUT2D eigenvalue weighted by molar-refractivity contribution is -0.120. The van der Waals surface area contributed by atoms with Crippen molar-refractivity contribution in [2.24, 2.45) is 5.92 Å². The highest BCUT2D eigenvalue weighted by Crippen LogP contribution is 2.21. The number of carbonyl (C=O) groups excluding carboxylic acids is 2. The average Bonchev–Trinajstić information content (AvgIpc) is 2.43. The first-order chi connectivity index (χ1) is 9.56. The fraction of sp³-hybridized carbons (Fsp3) is 0.429. The highest BCUT2D eigenvalue weighted by Gasteiger charge is 2.21. The highest BCUT2D eigenvalue weighted by molar-refractivity contribution is 5.94. The topological polar surface area (TPSA) is 70.2 Å². The van der Waals surface area contributed by atoms with Crippen molar-refractivity contribution < 1.29 is 14.0 Å². The van der Waals surface area contributed by atoms with Crippen LogP contribution in [0.4, 0.5) is 15.8 Å². The lowest BCUT2D eigenvalue weighted by Gasteiger charge is -2.22. The van der Waals surface area contributed by atoms with Crippen molar-refractivity contribution in [1.82, 2.24) is 5.32 Å². The second kappa shape index (κ2) is 7.95. The molecule has 1 unspecified atom stereocenters. The quantitative estimate of drug-likeness (QED) is 0.800. The molecule has 1 aromatic rings. The van der Waals surface area contributed by atoms with Gasteiger partial charge < -0.3 is 16.0 Å². The summed E-state index contributed by atoms with van der Waals surface area (Å²) in [7, 11) is 0. The normalized spacial score (nSPS) is 17.5. The third-order valence-corrected chi connectivity index (χ3v) is 3.21. The van der Waals surface area contributed by atoms with E-state index < -0.39 is 5.82 Å². The number of anilines is 2. The van der Waals surface area contributed by atoms with Gasteiger partial charge in [0, 0.05) is 19.2 Å². The van der Waals surface area contributed by atoms with Gasteiger partial charge in [0.15, 0.2) is 0 Å². The van der Waals surface area contributed by atoms with Crippen LogP contribution in [0.15, 0.2) is 18.2 Å². The maximum absolute atomic E-state index is 13.7. The van der Waals surface area contributed by atoms with E-state index in [0.717, 1.165) is 19.4 Å². The Morgan fingerprint density at radius 1 is 1.33 bits per heavy atom. The first-order valence-electron chi connectivity index (χ1n) is 6.65. The Hall–Kier alpha value is -1.66. The molecule has 2 amide bonds. The van der Waals surface area contributed by atoms with Crippen LogP contribution in [-0.2, 0) is 9.59 Å². The van der Waals surface area contributed by atoms with Gasteiger partial charge in [-0.1, -0.05) is 0 Å². The molecule has 1 aliphatic rings. The number of nitrogens with one attached hydrogen (secondary N) is 3. The summed E-state index contributed by atoms with van der Waals surface area (Å²) in [6, 6.07) is 4.10. The van der Waals surface area contributed by atoms with Gasteiger partial charge in [-0.05, 0) is 37.6 Å². The van der Waals surface area contributed by atoms with Crippen molar-refractivity contribution in [2.45, 2.75) is 19.8 Å². The highest BCUT2D eigenvalue weighted by atomic mass is 35.5. The number of benzene rings is 1. The summed E-state index contributed by atoms with van der Waals surface area (Å²) in [5.74, 6) is -1.11. The molecule has 3 N–H and O–H groups in total. The van der Waals surface area contributed by atoms with E-state index in [1.165, 1.54) is 25.1 Å². The summed E-state index contributed by atoms with van der Waals surface area (Å²) in [4.78, 5) is 23.0. The molecular formula is C14H19ClFN3O2. The summed E-state index contributed by atoms with van der Waals surface area (Å²) in [6.07, 6.45) is 1.73. The van der Waals surface area contributed by atoms with E-state index in [0.29, 0.717) is 12.2 Å². The number of amides is 2. The van der Waals surface area contributed by atoms with Crippen molar-refractivity contribution in [3.05, 3.63) is 24.0 Å². The summed E-state index contributed by atoms with van der Waals surface area (Å²) in [5, 5.41) is 8.29. The van der Waals surface area contributed by atoms with Gasteiger partial charge in [0.05, 0.1) is 11.6 Å². The predicted octanol–water partition coefficient (Wildman–Crippen LogP) is 2.14. The first-order valence-corrected chi connectivity index (χ1v) is 6.65. The number of carbonyl (C=O) groups is 2. The van der Waals surface area contributed by atoms with Crippen LogP contribution >= 0.6 is 12.4 Å². The van der Waals surface area contributed by atoms with Crippen LogP contribution in [0.3, 0.4) is 0 Å². The molecule has 0 aliphatic carbocycles. The van der Waals surface area contributed by atoms with E-state index in [-0.39, 0.29) is 35.8 Å². The monoisotopic (exact) mass is 315 g/mol. The van der Waals surface area contributed by atoms with Gasteiger partial charge in [-0.15, -0.1) is 12.4 Å². The third-order valence-electron chi connectivity index (χ3n) is 3.21. The van der Waals surface area contributed by atoms with Crippen molar-refractivity contribution in [3.8, 4) is 0 Å². The molecule has 1 aromatic carbocycles. The minimum atomic E-state index is -0.517. The summed E-state index contributed by atoms with van der Waals surface area (Å²) < 4.78 is 13.7. The number of hydrogen-bond acceptors (Lipinski definition) is 3. The van der Waals surface area contributed by atoms with Crippen LogP contribution in [0, 0.1) is 11.7 Å². The van der Waals surface area contributed by atoms with Crippen molar-refractivity contribution in [1.29, 1.82) is 0 Å². The minimum absolute atomic E-state index is 0. The van der Waals surface area contributed by atoms with Gasteiger partial charge in [-0.3, -0.25) is 9.59 Å². The van der Waals surface area contributed by atoms with E-state index >= 15 is 0 Å². The molecule has 0 saturated carbocycles. The molecule has 5 nitrogen and oxygen atoms in total. The van der Waals surface area contributed by atoms with Crippen LogP contribution < -0.4 is 16.0 Å². The second-order valence-electron chi connectivity index (χ2n) is 4.91. The maximum Gasteiger partial charge on any atom is 0.228 e. The summed E-state index contributed by atoms with van der Waals surface area (Å²) >= 11 is 0. The number of piperidine rings is 1. The Morgan fingerprint density at radius 2 is 2.10 bits per heavy atom. The van der Waals surface area contributed by atoms with Crippen LogP contribution in [0.2, 0.25) is 0 Å².